The number of carbonyl (C=O) groups excluding carboxylic acids is 2. The van der Waals surface area contributed by atoms with Crippen LogP contribution in [0, 0.1) is 0 Å². The van der Waals surface area contributed by atoms with Crippen molar-refractivity contribution in [3.63, 3.8) is 0 Å². The topological polar surface area (TPSA) is 108 Å². The number of phosphoric acid groups is 1. The lowest BCUT2D eigenvalue weighted by molar-refractivity contribution is -0.161. The lowest BCUT2D eigenvalue weighted by Gasteiger charge is -2.19. The summed E-state index contributed by atoms with van der Waals surface area (Å²) in [5.41, 5.74) is 0. The maximum Gasteiger partial charge on any atom is 0.472 e. The van der Waals surface area contributed by atoms with E-state index in [4.69, 9.17) is 18.5 Å². The number of unbranched alkanes of at least 4 members (excludes halogenated alkanes) is 26. The third kappa shape index (κ3) is 40.2. The van der Waals surface area contributed by atoms with E-state index in [1.165, 1.54) is 141 Å². The Balaban J connectivity index is 4.05. The highest BCUT2D eigenvalue weighted by atomic mass is 31.2. The molecule has 0 saturated heterocycles. The monoisotopic (exact) mass is 785 g/mol. The molecular formula is C45H85O8P. The summed E-state index contributed by atoms with van der Waals surface area (Å²) in [6.45, 7) is 5.48. The Bertz CT molecular complexity index is 937. The molecule has 2 atom stereocenters. The van der Waals surface area contributed by atoms with Crippen LogP contribution in [0.1, 0.15) is 226 Å². The molecule has 2 unspecified atom stereocenters. The quantitative estimate of drug-likeness (QED) is 0.0282. The van der Waals surface area contributed by atoms with Gasteiger partial charge in [0.15, 0.2) is 6.10 Å². The van der Waals surface area contributed by atoms with Crippen LogP contribution in [0.5, 0.6) is 0 Å². The molecule has 1 N–H and O–H groups in total. The molecule has 0 spiro atoms. The largest absolute Gasteiger partial charge is 0.472 e. The third-order valence-electron chi connectivity index (χ3n) is 9.73. The van der Waals surface area contributed by atoms with E-state index >= 15 is 0 Å². The van der Waals surface area contributed by atoms with Crippen molar-refractivity contribution >= 4 is 19.8 Å². The van der Waals surface area contributed by atoms with Crippen molar-refractivity contribution in [1.82, 2.24) is 0 Å². The van der Waals surface area contributed by atoms with Gasteiger partial charge in [0, 0.05) is 12.8 Å². The predicted molar refractivity (Wildman–Crippen MR) is 226 cm³/mol. The van der Waals surface area contributed by atoms with Crippen molar-refractivity contribution in [2.24, 2.45) is 0 Å². The highest BCUT2D eigenvalue weighted by Crippen LogP contribution is 2.43. The van der Waals surface area contributed by atoms with Gasteiger partial charge < -0.3 is 14.4 Å². The first-order chi connectivity index (χ1) is 26.3. The van der Waals surface area contributed by atoms with Crippen molar-refractivity contribution in [3.05, 3.63) is 24.3 Å². The molecule has 0 heterocycles. The molecule has 0 aromatic heterocycles. The number of hydrogen-bond donors (Lipinski definition) is 1. The van der Waals surface area contributed by atoms with Gasteiger partial charge in [-0.05, 0) is 71.1 Å². The molecule has 54 heavy (non-hydrogen) atoms. The zero-order valence-corrected chi connectivity index (χ0v) is 36.3. The first-order valence-corrected chi connectivity index (χ1v) is 24.1. The second kappa shape index (κ2) is 41.2. The molecule has 0 aromatic rings. The molecule has 0 rings (SSSR count). The molecule has 0 bridgehead atoms. The average Bonchev–Trinajstić information content (AvgIpc) is 3.15. The zero-order chi connectivity index (χ0) is 39.6. The molecule has 0 aliphatic rings. The molecule has 9 heteroatoms. The van der Waals surface area contributed by atoms with Gasteiger partial charge in [0.05, 0.1) is 13.2 Å². The summed E-state index contributed by atoms with van der Waals surface area (Å²) in [4.78, 5) is 34.8. The van der Waals surface area contributed by atoms with E-state index in [1.54, 1.807) is 6.92 Å². The Morgan fingerprint density at radius 3 is 1.22 bits per heavy atom. The van der Waals surface area contributed by atoms with Crippen molar-refractivity contribution in [3.8, 4) is 0 Å². The minimum atomic E-state index is -4.28. The third-order valence-corrected chi connectivity index (χ3v) is 10.8. The summed E-state index contributed by atoms with van der Waals surface area (Å²) < 4.78 is 32.7. The van der Waals surface area contributed by atoms with Gasteiger partial charge in [-0.3, -0.25) is 18.6 Å². The maximum atomic E-state index is 12.6. The normalized spacial score (nSPS) is 13.5. The van der Waals surface area contributed by atoms with Gasteiger partial charge in [-0.1, -0.05) is 167 Å². The van der Waals surface area contributed by atoms with E-state index in [0.29, 0.717) is 6.42 Å². The summed E-state index contributed by atoms with van der Waals surface area (Å²) >= 11 is 0. The Kier molecular flexibility index (Phi) is 40.1. The lowest BCUT2D eigenvalue weighted by Crippen LogP contribution is -2.29. The van der Waals surface area contributed by atoms with Gasteiger partial charge in [0.2, 0.25) is 0 Å². The van der Waals surface area contributed by atoms with E-state index in [0.717, 1.165) is 44.9 Å². The number of esters is 2. The SMILES string of the molecule is CCCCCCCC/C=C\CCCCCCCCCC(=O)OCC(COP(=O)(O)OCC)OC(=O)CCCCCCCCC/C=C\CCCCCCCC. The van der Waals surface area contributed by atoms with E-state index in [2.05, 4.69) is 38.2 Å². The number of hydrogen-bond acceptors (Lipinski definition) is 7. The first kappa shape index (κ1) is 52.5. The maximum absolute atomic E-state index is 12.6. The summed E-state index contributed by atoms with van der Waals surface area (Å²) in [5.74, 6) is -0.800. The van der Waals surface area contributed by atoms with Crippen LogP contribution in [-0.2, 0) is 32.7 Å². The molecule has 0 amide bonds. The number of rotatable bonds is 42. The highest BCUT2D eigenvalue weighted by Gasteiger charge is 2.25. The average molecular weight is 785 g/mol. The van der Waals surface area contributed by atoms with E-state index in [9.17, 15) is 19.0 Å². The molecule has 0 radical (unpaired) electrons. The Labute approximate surface area is 333 Å². The van der Waals surface area contributed by atoms with Crippen LogP contribution in [0.3, 0.4) is 0 Å². The standard InChI is InChI=1S/C45H85O8P/c1-4-7-9-11-13-15-17-19-21-23-25-27-29-31-33-35-37-39-44(46)50-41-43(42-52-54(48,49)51-6-3)53-45(47)40-38-36-34-32-30-28-26-24-22-20-18-16-14-12-10-8-5-2/h19-22,43H,4-18,23-42H2,1-3H3,(H,48,49)/b21-19-,22-20-. The Morgan fingerprint density at radius 1 is 0.481 bits per heavy atom. The van der Waals surface area contributed by atoms with Crippen LogP contribution >= 0.6 is 7.82 Å². The fraction of sp³-hybridized carbons (Fsp3) is 0.867. The molecule has 0 saturated carbocycles. The van der Waals surface area contributed by atoms with Crippen LogP contribution < -0.4 is 0 Å². The Hall–Kier alpha value is -1.47. The lowest BCUT2D eigenvalue weighted by atomic mass is 10.1. The van der Waals surface area contributed by atoms with Gasteiger partial charge in [0.1, 0.15) is 6.61 Å². The van der Waals surface area contributed by atoms with Crippen LogP contribution in [0.4, 0.5) is 0 Å². The predicted octanol–water partition coefficient (Wildman–Crippen LogP) is 14.2. The molecular weight excluding hydrogens is 699 g/mol. The fourth-order valence-corrected chi connectivity index (χ4v) is 7.14. The molecule has 0 aliphatic carbocycles. The summed E-state index contributed by atoms with van der Waals surface area (Å²) in [5, 5.41) is 0. The summed E-state index contributed by atoms with van der Waals surface area (Å²) in [6.07, 6.45) is 45.1. The molecule has 0 aromatic carbocycles. The van der Waals surface area contributed by atoms with E-state index < -0.39 is 26.5 Å². The fourth-order valence-electron chi connectivity index (χ4n) is 6.38. The summed E-state index contributed by atoms with van der Waals surface area (Å²) in [6, 6.07) is 0. The number of phosphoric ester groups is 1. The minimum Gasteiger partial charge on any atom is -0.462 e. The van der Waals surface area contributed by atoms with Gasteiger partial charge in [0.25, 0.3) is 0 Å². The highest BCUT2D eigenvalue weighted by molar-refractivity contribution is 7.47. The van der Waals surface area contributed by atoms with Crippen molar-refractivity contribution < 1.29 is 37.6 Å². The van der Waals surface area contributed by atoms with Crippen LogP contribution in [0.25, 0.3) is 0 Å². The van der Waals surface area contributed by atoms with Gasteiger partial charge in [-0.15, -0.1) is 0 Å². The van der Waals surface area contributed by atoms with Gasteiger partial charge in [-0.2, -0.15) is 0 Å². The van der Waals surface area contributed by atoms with E-state index in [1.807, 2.05) is 0 Å². The molecule has 0 aliphatic heterocycles. The number of allylic oxidation sites excluding steroid dienone is 4. The van der Waals surface area contributed by atoms with Gasteiger partial charge >= 0.3 is 19.8 Å². The zero-order valence-electron chi connectivity index (χ0n) is 35.4. The summed E-state index contributed by atoms with van der Waals surface area (Å²) in [7, 11) is -4.28. The molecule has 318 valence electrons. The molecule has 0 fully saturated rings. The van der Waals surface area contributed by atoms with Crippen molar-refractivity contribution in [2.75, 3.05) is 19.8 Å². The van der Waals surface area contributed by atoms with Crippen LogP contribution in [0.15, 0.2) is 24.3 Å². The number of carbonyl (C=O) groups is 2. The first-order valence-electron chi connectivity index (χ1n) is 22.6. The van der Waals surface area contributed by atoms with Crippen molar-refractivity contribution in [1.29, 1.82) is 0 Å². The molecule has 8 nitrogen and oxygen atoms in total. The minimum absolute atomic E-state index is 0.000274. The van der Waals surface area contributed by atoms with Crippen molar-refractivity contribution in [2.45, 2.75) is 232 Å². The second-order valence-electron chi connectivity index (χ2n) is 15.1. The van der Waals surface area contributed by atoms with Gasteiger partial charge in [-0.25, -0.2) is 4.57 Å². The second-order valence-corrected chi connectivity index (χ2v) is 16.5. The smallest absolute Gasteiger partial charge is 0.462 e. The van der Waals surface area contributed by atoms with Crippen LogP contribution in [-0.4, -0.2) is 42.8 Å². The van der Waals surface area contributed by atoms with E-state index in [-0.39, 0.29) is 32.0 Å². The Morgan fingerprint density at radius 2 is 0.833 bits per heavy atom. The van der Waals surface area contributed by atoms with Crippen LogP contribution in [0.2, 0.25) is 0 Å². The number of ether oxygens (including phenoxy) is 2.